The van der Waals surface area contributed by atoms with Crippen LogP contribution in [0.2, 0.25) is 10.0 Å². The van der Waals surface area contributed by atoms with Crippen molar-refractivity contribution in [3.05, 3.63) is 80.1 Å². The Kier molecular flexibility index (Phi) is 5.29. The summed E-state index contributed by atoms with van der Waals surface area (Å²) in [5.41, 5.74) is 3.91. The molecule has 0 aliphatic carbocycles. The highest BCUT2D eigenvalue weighted by atomic mass is 35.5. The van der Waals surface area contributed by atoms with E-state index < -0.39 is 17.0 Å². The van der Waals surface area contributed by atoms with Crippen LogP contribution in [0.4, 0.5) is 4.79 Å². The minimum atomic E-state index is -0.727. The number of rotatable bonds is 2. The van der Waals surface area contributed by atoms with E-state index in [1.807, 2.05) is 6.07 Å². The number of carbonyl (C=O) groups is 2. The van der Waals surface area contributed by atoms with E-state index in [4.69, 9.17) is 23.2 Å². The summed E-state index contributed by atoms with van der Waals surface area (Å²) < 4.78 is 0.999. The lowest BCUT2D eigenvalue weighted by molar-refractivity contribution is -0.130. The van der Waals surface area contributed by atoms with Crippen molar-refractivity contribution in [3.63, 3.8) is 0 Å². The molecule has 2 aromatic carbocycles. The van der Waals surface area contributed by atoms with Crippen molar-refractivity contribution in [1.82, 2.24) is 15.0 Å². The van der Waals surface area contributed by atoms with Crippen LogP contribution >= 0.6 is 35.0 Å². The van der Waals surface area contributed by atoms with Gasteiger partial charge in [0.1, 0.15) is 5.37 Å². The van der Waals surface area contributed by atoms with Crippen molar-refractivity contribution in [2.24, 2.45) is 0 Å². The molecule has 1 saturated heterocycles. The highest BCUT2D eigenvalue weighted by Gasteiger charge is 2.36. The van der Waals surface area contributed by atoms with Gasteiger partial charge in [-0.25, -0.2) is 19.8 Å². The number of nitrogens with zero attached hydrogens (tertiary/aromatic N) is 2. The Morgan fingerprint density at radius 2 is 1.90 bits per heavy atom. The van der Waals surface area contributed by atoms with Gasteiger partial charge in [-0.15, -0.1) is 11.8 Å². The van der Waals surface area contributed by atoms with E-state index in [1.54, 1.807) is 43.3 Å². The van der Waals surface area contributed by atoms with Gasteiger partial charge in [-0.2, -0.15) is 0 Å². The number of thioether (sulfide) groups is 1. The van der Waals surface area contributed by atoms with E-state index in [0.717, 1.165) is 4.57 Å². The first-order chi connectivity index (χ1) is 13.9. The van der Waals surface area contributed by atoms with E-state index in [1.165, 1.54) is 22.8 Å². The number of hydrazine groups is 1. The zero-order chi connectivity index (χ0) is 20.7. The zero-order valence-electron chi connectivity index (χ0n) is 15.2. The minimum Gasteiger partial charge on any atom is -0.272 e. The number of hydrogen-bond donors (Lipinski definition) is 1. The molecule has 0 spiro atoms. The molecule has 29 heavy (non-hydrogen) atoms. The van der Waals surface area contributed by atoms with Gasteiger partial charge in [0.15, 0.2) is 0 Å². The Hall–Kier alpha value is -2.48. The van der Waals surface area contributed by atoms with Crippen molar-refractivity contribution >= 4 is 57.8 Å². The number of nitrogens with one attached hydrogen (secondary N) is 1. The molecule has 0 radical (unpaired) electrons. The van der Waals surface area contributed by atoms with Gasteiger partial charge >= 0.3 is 6.03 Å². The first-order valence-electron chi connectivity index (χ1n) is 8.68. The Labute approximate surface area is 180 Å². The zero-order valence-corrected chi connectivity index (χ0v) is 17.5. The van der Waals surface area contributed by atoms with E-state index in [-0.39, 0.29) is 11.7 Å². The summed E-state index contributed by atoms with van der Waals surface area (Å²) in [5, 5.41) is 2.41. The molecule has 1 atom stereocenters. The molecule has 1 N–H and O–H groups in total. The highest BCUT2D eigenvalue weighted by molar-refractivity contribution is 8.00. The molecule has 9 heteroatoms. The second-order valence-corrected chi connectivity index (χ2v) is 8.44. The number of fused-ring (bicyclic) bond motifs is 1. The molecular weight excluding hydrogens is 433 g/mol. The summed E-state index contributed by atoms with van der Waals surface area (Å²) in [4.78, 5) is 38.0. The quantitative estimate of drug-likeness (QED) is 0.633. The molecule has 0 bridgehead atoms. The van der Waals surface area contributed by atoms with Crippen LogP contribution in [-0.2, 0) is 4.79 Å². The average Bonchev–Trinajstić information content (AvgIpc) is 3.03. The number of carbonyl (C=O) groups excluding carboxylic acids is 2. The molecule has 1 unspecified atom stereocenters. The molecule has 1 aliphatic heterocycles. The summed E-state index contributed by atoms with van der Waals surface area (Å²) in [5.74, 6) is -0.0873. The molecule has 1 fully saturated rings. The van der Waals surface area contributed by atoms with E-state index in [9.17, 15) is 14.4 Å². The molecule has 2 heterocycles. The van der Waals surface area contributed by atoms with E-state index >= 15 is 0 Å². The Balaban J connectivity index is 1.73. The van der Waals surface area contributed by atoms with Crippen LogP contribution in [0.3, 0.4) is 0 Å². The van der Waals surface area contributed by atoms with Gasteiger partial charge in [-0.05, 0) is 36.8 Å². The normalized spacial score (nSPS) is 16.4. The number of amides is 2. The topological polar surface area (TPSA) is 71.4 Å². The van der Waals surface area contributed by atoms with Crippen molar-refractivity contribution in [3.8, 4) is 0 Å². The lowest BCUT2D eigenvalue weighted by Crippen LogP contribution is -2.48. The lowest BCUT2D eigenvalue weighted by atomic mass is 10.1. The van der Waals surface area contributed by atoms with Crippen molar-refractivity contribution in [1.29, 1.82) is 0 Å². The number of halogens is 2. The van der Waals surface area contributed by atoms with Crippen LogP contribution in [0.5, 0.6) is 0 Å². The van der Waals surface area contributed by atoms with Gasteiger partial charge in [-0.3, -0.25) is 9.59 Å². The second-order valence-electron chi connectivity index (χ2n) is 6.53. The average molecular weight is 448 g/mol. The van der Waals surface area contributed by atoms with Crippen molar-refractivity contribution in [2.45, 2.75) is 12.3 Å². The highest BCUT2D eigenvalue weighted by Crippen LogP contribution is 2.40. The van der Waals surface area contributed by atoms with E-state index in [0.29, 0.717) is 32.1 Å². The number of hydrogen-bond acceptors (Lipinski definition) is 4. The fourth-order valence-corrected chi connectivity index (χ4v) is 4.90. The maximum atomic E-state index is 13.0. The van der Waals surface area contributed by atoms with Crippen LogP contribution in [0.15, 0.2) is 53.3 Å². The van der Waals surface area contributed by atoms with Crippen LogP contribution in [0.25, 0.3) is 10.9 Å². The van der Waals surface area contributed by atoms with Gasteiger partial charge in [0.25, 0.3) is 11.5 Å². The molecule has 6 nitrogen and oxygen atoms in total. The largest absolute Gasteiger partial charge is 0.347 e. The van der Waals surface area contributed by atoms with Gasteiger partial charge in [0, 0.05) is 27.1 Å². The number of aryl methyl sites for hydroxylation is 1. The standard InChI is InChI=1S/C20H15Cl2N3O3S/c1-11-8-17(26)24(16-7-6-12(21)9-14(11)16)20(28)23-25-18(27)10-29-19(25)13-4-2-3-5-15(13)22/h2-9,19H,10H2,1H3,(H,23,28). The summed E-state index contributed by atoms with van der Waals surface area (Å²) in [7, 11) is 0. The van der Waals surface area contributed by atoms with Gasteiger partial charge in [0.2, 0.25) is 0 Å². The molecule has 4 rings (SSSR count). The second kappa shape index (κ2) is 7.74. The van der Waals surface area contributed by atoms with Gasteiger partial charge in [0.05, 0.1) is 11.3 Å². The van der Waals surface area contributed by atoms with Crippen LogP contribution in [0, 0.1) is 6.92 Å². The molecule has 0 saturated carbocycles. The summed E-state index contributed by atoms with van der Waals surface area (Å²) in [6, 6.07) is 12.7. The SMILES string of the molecule is Cc1cc(=O)n(C(=O)NN2C(=O)CSC2c2ccccc2Cl)c2ccc(Cl)cc12. The van der Waals surface area contributed by atoms with E-state index in [2.05, 4.69) is 5.43 Å². The summed E-state index contributed by atoms with van der Waals surface area (Å²) in [6.07, 6.45) is 0. The van der Waals surface area contributed by atoms with Crippen LogP contribution in [0.1, 0.15) is 16.5 Å². The minimum absolute atomic E-state index is 0.190. The Morgan fingerprint density at radius 3 is 2.66 bits per heavy atom. The van der Waals surface area contributed by atoms with Gasteiger partial charge < -0.3 is 0 Å². The Bertz CT molecular complexity index is 1210. The van der Waals surface area contributed by atoms with Crippen LogP contribution < -0.4 is 11.0 Å². The maximum absolute atomic E-state index is 13.0. The molecule has 2 amide bonds. The molecular formula is C20H15Cl2N3O3S. The summed E-state index contributed by atoms with van der Waals surface area (Å²) >= 11 is 13.7. The fraction of sp³-hybridized carbons (Fsp3) is 0.150. The van der Waals surface area contributed by atoms with Crippen LogP contribution in [-0.4, -0.2) is 27.3 Å². The predicted octanol–water partition coefficient (Wildman–Crippen LogP) is 4.36. The maximum Gasteiger partial charge on any atom is 0.347 e. The fourth-order valence-electron chi connectivity index (χ4n) is 3.28. The monoisotopic (exact) mass is 447 g/mol. The number of pyridine rings is 1. The number of benzene rings is 2. The third-order valence-corrected chi connectivity index (χ3v) is 6.42. The Morgan fingerprint density at radius 1 is 1.14 bits per heavy atom. The summed E-state index contributed by atoms with van der Waals surface area (Å²) in [6.45, 7) is 1.77. The molecule has 148 valence electrons. The van der Waals surface area contributed by atoms with Gasteiger partial charge in [-0.1, -0.05) is 41.4 Å². The third kappa shape index (κ3) is 3.61. The molecule has 1 aromatic heterocycles. The third-order valence-electron chi connectivity index (χ3n) is 4.64. The first kappa shape index (κ1) is 19.8. The first-order valence-corrected chi connectivity index (χ1v) is 10.5. The van der Waals surface area contributed by atoms with Crippen molar-refractivity contribution < 1.29 is 9.59 Å². The predicted molar refractivity (Wildman–Crippen MR) is 115 cm³/mol. The number of aromatic nitrogens is 1. The molecule has 1 aliphatic rings. The smallest absolute Gasteiger partial charge is 0.272 e. The van der Waals surface area contributed by atoms with Crippen molar-refractivity contribution in [2.75, 3.05) is 5.75 Å². The lowest BCUT2D eigenvalue weighted by Gasteiger charge is -2.25. The molecule has 3 aromatic rings.